The second-order valence-electron chi connectivity index (χ2n) is 7.53. The van der Waals surface area contributed by atoms with Gasteiger partial charge in [0.2, 0.25) is 0 Å². The van der Waals surface area contributed by atoms with E-state index in [1.165, 1.54) is 0 Å². The zero-order chi connectivity index (χ0) is 18.8. The fourth-order valence-electron chi connectivity index (χ4n) is 3.33. The average molecular weight is 342 g/mol. The minimum absolute atomic E-state index is 0.0334. The van der Waals surface area contributed by atoms with Gasteiger partial charge >= 0.3 is 0 Å². The zero-order valence-corrected chi connectivity index (χ0v) is 15.4. The minimum atomic E-state index is -1.27. The van der Waals surface area contributed by atoms with Gasteiger partial charge in [-0.05, 0) is 12.8 Å². The Morgan fingerprint density at radius 3 is 1.48 bits per heavy atom. The minimum Gasteiger partial charge on any atom is -0.299 e. The van der Waals surface area contributed by atoms with Gasteiger partial charge in [0.25, 0.3) is 0 Å². The van der Waals surface area contributed by atoms with Crippen molar-refractivity contribution < 1.29 is 19.2 Å². The van der Waals surface area contributed by atoms with Gasteiger partial charge in [0.05, 0.1) is 5.41 Å². The van der Waals surface area contributed by atoms with Crippen molar-refractivity contribution in [3.8, 4) is 0 Å². The number of rotatable bonds is 8. The fourth-order valence-corrected chi connectivity index (χ4v) is 3.33. The number of benzene rings is 1. The highest BCUT2D eigenvalue weighted by Crippen LogP contribution is 2.44. The lowest BCUT2D eigenvalue weighted by atomic mass is 9.73. The van der Waals surface area contributed by atoms with Crippen LogP contribution in [-0.2, 0) is 9.59 Å². The van der Waals surface area contributed by atoms with E-state index >= 15 is 0 Å². The van der Waals surface area contributed by atoms with E-state index in [0.29, 0.717) is 11.1 Å². The summed E-state index contributed by atoms with van der Waals surface area (Å²) in [5, 5.41) is 0. The van der Waals surface area contributed by atoms with E-state index in [9.17, 15) is 19.2 Å². The van der Waals surface area contributed by atoms with Gasteiger partial charge in [0.1, 0.15) is 11.6 Å². The van der Waals surface area contributed by atoms with Crippen molar-refractivity contribution in [1.29, 1.82) is 0 Å². The maximum absolute atomic E-state index is 13.1. The molecular formula is C21H26O4. The second kappa shape index (κ2) is 7.42. The zero-order valence-electron chi connectivity index (χ0n) is 15.4. The highest BCUT2D eigenvalue weighted by atomic mass is 16.2. The summed E-state index contributed by atoms with van der Waals surface area (Å²) in [6, 6.07) is 6.79. The molecule has 4 heteroatoms. The topological polar surface area (TPSA) is 68.3 Å². The second-order valence-corrected chi connectivity index (χ2v) is 7.53. The molecule has 1 aromatic carbocycles. The van der Waals surface area contributed by atoms with Crippen LogP contribution in [0.1, 0.15) is 74.1 Å². The van der Waals surface area contributed by atoms with Gasteiger partial charge in [-0.25, -0.2) is 0 Å². The van der Waals surface area contributed by atoms with Crippen molar-refractivity contribution in [2.24, 2.45) is 17.3 Å². The van der Waals surface area contributed by atoms with Gasteiger partial charge in [-0.15, -0.1) is 0 Å². The maximum atomic E-state index is 13.1. The molecule has 0 saturated heterocycles. The monoisotopic (exact) mass is 342 g/mol. The van der Waals surface area contributed by atoms with Gasteiger partial charge in [-0.2, -0.15) is 0 Å². The molecule has 0 spiro atoms. The molecule has 25 heavy (non-hydrogen) atoms. The van der Waals surface area contributed by atoms with Crippen molar-refractivity contribution in [3.63, 3.8) is 0 Å². The molecule has 0 unspecified atom stereocenters. The van der Waals surface area contributed by atoms with Crippen LogP contribution in [0.4, 0.5) is 0 Å². The highest BCUT2D eigenvalue weighted by molar-refractivity contribution is 6.29. The predicted molar refractivity (Wildman–Crippen MR) is 95.7 cm³/mol. The smallest absolute Gasteiger partial charge is 0.177 e. The van der Waals surface area contributed by atoms with Crippen LogP contribution in [0.3, 0.4) is 0 Å². The largest absolute Gasteiger partial charge is 0.299 e. The molecule has 0 radical (unpaired) electrons. The molecule has 0 amide bonds. The normalized spacial score (nSPS) is 15.8. The Hall–Kier alpha value is -2.10. The molecule has 0 atom stereocenters. The van der Waals surface area contributed by atoms with E-state index in [1.54, 1.807) is 24.3 Å². The van der Waals surface area contributed by atoms with Crippen LogP contribution in [0.25, 0.3) is 0 Å². The Labute approximate surface area is 149 Å². The van der Waals surface area contributed by atoms with Crippen LogP contribution in [0, 0.1) is 17.3 Å². The molecule has 1 aromatic rings. The Morgan fingerprint density at radius 2 is 1.16 bits per heavy atom. The van der Waals surface area contributed by atoms with Crippen LogP contribution in [-0.4, -0.2) is 23.1 Å². The van der Waals surface area contributed by atoms with Gasteiger partial charge in [-0.3, -0.25) is 19.2 Å². The van der Waals surface area contributed by atoms with E-state index in [1.807, 2.05) is 27.7 Å². The first-order valence-corrected chi connectivity index (χ1v) is 8.94. The third-order valence-corrected chi connectivity index (χ3v) is 5.17. The van der Waals surface area contributed by atoms with Crippen molar-refractivity contribution in [2.45, 2.75) is 53.4 Å². The van der Waals surface area contributed by atoms with E-state index in [4.69, 9.17) is 0 Å². The molecular weight excluding hydrogens is 316 g/mol. The molecule has 0 fully saturated rings. The molecule has 1 aliphatic carbocycles. The number of carbonyl (C=O) groups excluding carboxylic acids is 4. The lowest BCUT2D eigenvalue weighted by Crippen LogP contribution is -2.35. The van der Waals surface area contributed by atoms with E-state index < -0.39 is 5.41 Å². The number of carbonyl (C=O) groups is 4. The highest BCUT2D eigenvalue weighted by Gasteiger charge is 2.52. The van der Waals surface area contributed by atoms with Gasteiger partial charge < -0.3 is 0 Å². The molecule has 1 aliphatic rings. The summed E-state index contributed by atoms with van der Waals surface area (Å²) in [5.41, 5.74) is -0.429. The summed E-state index contributed by atoms with van der Waals surface area (Å²) in [4.78, 5) is 50.3. The van der Waals surface area contributed by atoms with Crippen LogP contribution < -0.4 is 0 Å². The summed E-state index contributed by atoms with van der Waals surface area (Å²) >= 11 is 0. The van der Waals surface area contributed by atoms with Gasteiger partial charge in [0, 0.05) is 35.8 Å². The summed E-state index contributed by atoms with van der Waals surface area (Å²) in [6.07, 6.45) is 0.724. The number of ketones is 4. The quantitative estimate of drug-likeness (QED) is 0.668. The van der Waals surface area contributed by atoms with Crippen LogP contribution in [0.15, 0.2) is 24.3 Å². The fraction of sp³-hybridized carbons (Fsp3) is 0.524. The van der Waals surface area contributed by atoms with Crippen molar-refractivity contribution in [1.82, 2.24) is 0 Å². The average Bonchev–Trinajstić information content (AvgIpc) is 2.79. The number of Topliss-reactive ketones (excluding diaryl/α,β-unsaturated/α-hetero) is 4. The van der Waals surface area contributed by atoms with Crippen LogP contribution in [0.2, 0.25) is 0 Å². The first kappa shape index (κ1) is 19.2. The standard InChI is InChI=1S/C21H26O4/c1-13(2)17(22)9-11-21(12-10-18(23)14(3)4)19(24)15-7-5-6-8-16(15)20(21)25/h5-8,13-14H,9-12H2,1-4H3. The first-order chi connectivity index (χ1) is 11.7. The molecule has 0 saturated carbocycles. The van der Waals surface area contributed by atoms with Gasteiger partial charge in [-0.1, -0.05) is 52.0 Å². The summed E-state index contributed by atoms with van der Waals surface area (Å²) in [7, 11) is 0. The lowest BCUT2D eigenvalue weighted by Gasteiger charge is -2.26. The SMILES string of the molecule is CC(C)C(=O)CCC1(CCC(=O)C(C)C)C(=O)c2ccccc2C1=O. The first-order valence-electron chi connectivity index (χ1n) is 8.94. The summed E-state index contributed by atoms with van der Waals surface area (Å²) < 4.78 is 0. The molecule has 0 heterocycles. The number of hydrogen-bond acceptors (Lipinski definition) is 4. The van der Waals surface area contributed by atoms with E-state index in [2.05, 4.69) is 0 Å². The Kier molecular flexibility index (Phi) is 5.71. The third kappa shape index (κ3) is 3.63. The predicted octanol–water partition coefficient (Wildman–Crippen LogP) is 4.06. The number of hydrogen-bond donors (Lipinski definition) is 0. The molecule has 0 N–H and O–H groups in total. The molecule has 0 bridgehead atoms. The molecule has 0 aromatic heterocycles. The van der Waals surface area contributed by atoms with Crippen molar-refractivity contribution in [3.05, 3.63) is 35.4 Å². The third-order valence-electron chi connectivity index (χ3n) is 5.17. The molecule has 4 nitrogen and oxygen atoms in total. The Bertz CT molecular complexity index is 651. The molecule has 134 valence electrons. The van der Waals surface area contributed by atoms with E-state index in [-0.39, 0.29) is 60.7 Å². The lowest BCUT2D eigenvalue weighted by molar-refractivity contribution is -0.122. The summed E-state index contributed by atoms with van der Waals surface area (Å²) in [5.74, 6) is -0.675. The van der Waals surface area contributed by atoms with Crippen molar-refractivity contribution >= 4 is 23.1 Å². The van der Waals surface area contributed by atoms with Gasteiger partial charge in [0.15, 0.2) is 11.6 Å². The maximum Gasteiger partial charge on any atom is 0.177 e. The molecule has 0 aliphatic heterocycles. The summed E-state index contributed by atoms with van der Waals surface area (Å²) in [6.45, 7) is 7.24. The Morgan fingerprint density at radius 1 is 0.800 bits per heavy atom. The Balaban J connectivity index is 2.33. The van der Waals surface area contributed by atoms with E-state index in [0.717, 1.165) is 0 Å². The molecule has 2 rings (SSSR count). The van der Waals surface area contributed by atoms with Crippen LogP contribution >= 0.6 is 0 Å². The van der Waals surface area contributed by atoms with Crippen molar-refractivity contribution in [2.75, 3.05) is 0 Å². The number of fused-ring (bicyclic) bond motifs is 1. The van der Waals surface area contributed by atoms with Crippen LogP contribution in [0.5, 0.6) is 0 Å².